The summed E-state index contributed by atoms with van der Waals surface area (Å²) in [5.41, 5.74) is 0. The summed E-state index contributed by atoms with van der Waals surface area (Å²) in [6.45, 7) is 6.86. The van der Waals surface area contributed by atoms with Crippen molar-refractivity contribution in [2.45, 2.75) is 19.9 Å². The fourth-order valence-corrected chi connectivity index (χ4v) is 2.09. The lowest BCUT2D eigenvalue weighted by atomic mass is 10.0. The van der Waals surface area contributed by atoms with Gasteiger partial charge in [-0.25, -0.2) is 4.98 Å². The van der Waals surface area contributed by atoms with Crippen molar-refractivity contribution in [1.29, 1.82) is 0 Å². The maximum Gasteiger partial charge on any atom is 0.224 e. The first-order chi connectivity index (χ1) is 8.22. The molecular formula is C12H20N4O. The second-order valence-corrected chi connectivity index (χ2v) is 4.57. The van der Waals surface area contributed by atoms with Gasteiger partial charge in [-0.2, -0.15) is 4.98 Å². The van der Waals surface area contributed by atoms with E-state index < -0.39 is 0 Å². The molecule has 1 atom stereocenters. The van der Waals surface area contributed by atoms with E-state index in [0.717, 1.165) is 25.6 Å². The SMILES string of the molecule is CNc1nccc(N2CCOC[C@H]2C(C)C)n1. The number of ether oxygens (including phenoxy) is 1. The van der Waals surface area contributed by atoms with Crippen LogP contribution in [-0.4, -0.2) is 42.8 Å². The smallest absolute Gasteiger partial charge is 0.224 e. The predicted molar refractivity (Wildman–Crippen MR) is 68.4 cm³/mol. The summed E-state index contributed by atoms with van der Waals surface area (Å²) in [6, 6.07) is 2.35. The van der Waals surface area contributed by atoms with Crippen LogP contribution in [0.15, 0.2) is 12.3 Å². The van der Waals surface area contributed by atoms with Crippen LogP contribution in [-0.2, 0) is 4.74 Å². The first kappa shape index (κ1) is 12.1. The van der Waals surface area contributed by atoms with E-state index >= 15 is 0 Å². The van der Waals surface area contributed by atoms with Crippen LogP contribution < -0.4 is 10.2 Å². The third-order valence-corrected chi connectivity index (χ3v) is 3.09. The molecule has 1 aromatic rings. The Morgan fingerprint density at radius 1 is 1.53 bits per heavy atom. The van der Waals surface area contributed by atoms with Gasteiger partial charge in [-0.1, -0.05) is 13.8 Å². The molecule has 0 unspecified atom stereocenters. The summed E-state index contributed by atoms with van der Waals surface area (Å²) in [5, 5.41) is 2.97. The molecule has 1 aliphatic rings. The zero-order valence-electron chi connectivity index (χ0n) is 10.7. The number of hydrogen-bond acceptors (Lipinski definition) is 5. The van der Waals surface area contributed by atoms with E-state index in [0.29, 0.717) is 17.9 Å². The van der Waals surface area contributed by atoms with Gasteiger partial charge in [0.25, 0.3) is 0 Å². The van der Waals surface area contributed by atoms with Gasteiger partial charge in [-0.05, 0) is 12.0 Å². The molecule has 1 fully saturated rings. The van der Waals surface area contributed by atoms with Gasteiger partial charge in [0.05, 0.1) is 19.3 Å². The quantitative estimate of drug-likeness (QED) is 0.859. The van der Waals surface area contributed by atoms with Gasteiger partial charge in [-0.15, -0.1) is 0 Å². The van der Waals surface area contributed by atoms with E-state index in [4.69, 9.17) is 4.74 Å². The average Bonchev–Trinajstić information content (AvgIpc) is 2.39. The number of hydrogen-bond donors (Lipinski definition) is 1. The van der Waals surface area contributed by atoms with E-state index in [1.54, 1.807) is 6.20 Å². The van der Waals surface area contributed by atoms with Crippen molar-refractivity contribution in [3.63, 3.8) is 0 Å². The Labute approximate surface area is 102 Å². The van der Waals surface area contributed by atoms with Crippen molar-refractivity contribution >= 4 is 11.8 Å². The van der Waals surface area contributed by atoms with Crippen molar-refractivity contribution in [3.8, 4) is 0 Å². The Morgan fingerprint density at radius 2 is 2.35 bits per heavy atom. The van der Waals surface area contributed by atoms with Crippen LogP contribution in [0, 0.1) is 5.92 Å². The summed E-state index contributed by atoms with van der Waals surface area (Å²) >= 11 is 0. The minimum atomic E-state index is 0.392. The maximum absolute atomic E-state index is 5.55. The van der Waals surface area contributed by atoms with Crippen LogP contribution in [0.4, 0.5) is 11.8 Å². The molecule has 1 saturated heterocycles. The van der Waals surface area contributed by atoms with Crippen molar-refractivity contribution in [3.05, 3.63) is 12.3 Å². The minimum absolute atomic E-state index is 0.392. The lowest BCUT2D eigenvalue weighted by Gasteiger charge is -2.38. The van der Waals surface area contributed by atoms with Crippen molar-refractivity contribution in [2.24, 2.45) is 5.92 Å². The number of aromatic nitrogens is 2. The summed E-state index contributed by atoms with van der Waals surface area (Å²) < 4.78 is 5.55. The molecule has 0 spiro atoms. The number of anilines is 2. The molecule has 0 amide bonds. The van der Waals surface area contributed by atoms with Crippen LogP contribution in [0.25, 0.3) is 0 Å². The normalized spacial score (nSPS) is 20.7. The fraction of sp³-hybridized carbons (Fsp3) is 0.667. The number of rotatable bonds is 3. The molecule has 0 saturated carbocycles. The van der Waals surface area contributed by atoms with Crippen LogP contribution in [0.5, 0.6) is 0 Å². The van der Waals surface area contributed by atoms with Crippen LogP contribution in [0.3, 0.4) is 0 Å². The summed E-state index contributed by atoms with van der Waals surface area (Å²) in [5.74, 6) is 2.19. The van der Waals surface area contributed by atoms with Crippen LogP contribution in [0.1, 0.15) is 13.8 Å². The second-order valence-electron chi connectivity index (χ2n) is 4.57. The lowest BCUT2D eigenvalue weighted by molar-refractivity contribution is 0.0802. The van der Waals surface area contributed by atoms with Crippen molar-refractivity contribution in [2.75, 3.05) is 37.0 Å². The first-order valence-corrected chi connectivity index (χ1v) is 6.07. The molecule has 2 heterocycles. The zero-order valence-corrected chi connectivity index (χ0v) is 10.7. The number of nitrogens with one attached hydrogen (secondary N) is 1. The molecule has 0 bridgehead atoms. The van der Waals surface area contributed by atoms with Gasteiger partial charge in [0, 0.05) is 19.8 Å². The molecule has 0 aliphatic carbocycles. The standard InChI is InChI=1S/C12H20N4O/c1-9(2)10-8-17-7-6-16(10)11-4-5-14-12(13-3)15-11/h4-5,9-10H,6-8H2,1-3H3,(H,13,14,15)/t10-/m0/s1. The van der Waals surface area contributed by atoms with E-state index in [-0.39, 0.29) is 0 Å². The molecule has 1 aromatic heterocycles. The van der Waals surface area contributed by atoms with Gasteiger partial charge in [0.1, 0.15) is 5.82 Å². The molecule has 5 nitrogen and oxygen atoms in total. The Balaban J connectivity index is 2.22. The summed E-state index contributed by atoms with van der Waals surface area (Å²) in [7, 11) is 1.83. The largest absolute Gasteiger partial charge is 0.377 e. The summed E-state index contributed by atoms with van der Waals surface area (Å²) in [6.07, 6.45) is 1.79. The van der Waals surface area contributed by atoms with Crippen LogP contribution in [0.2, 0.25) is 0 Å². The van der Waals surface area contributed by atoms with Gasteiger partial charge in [0.15, 0.2) is 0 Å². The van der Waals surface area contributed by atoms with E-state index in [1.807, 2.05) is 13.1 Å². The highest BCUT2D eigenvalue weighted by atomic mass is 16.5. The second kappa shape index (κ2) is 5.31. The highest BCUT2D eigenvalue weighted by molar-refractivity contribution is 5.43. The third-order valence-electron chi connectivity index (χ3n) is 3.09. The summed E-state index contributed by atoms with van der Waals surface area (Å²) in [4.78, 5) is 11.0. The molecule has 1 aliphatic heterocycles. The van der Waals surface area contributed by atoms with Gasteiger partial charge in [-0.3, -0.25) is 0 Å². The van der Waals surface area contributed by atoms with Gasteiger partial charge in [0.2, 0.25) is 5.95 Å². The number of morpholine rings is 1. The molecular weight excluding hydrogens is 216 g/mol. The highest BCUT2D eigenvalue weighted by Crippen LogP contribution is 2.22. The fourth-order valence-electron chi connectivity index (χ4n) is 2.09. The molecule has 17 heavy (non-hydrogen) atoms. The van der Waals surface area contributed by atoms with Crippen LogP contribution >= 0.6 is 0 Å². The lowest BCUT2D eigenvalue weighted by Crippen LogP contribution is -2.48. The molecule has 5 heteroatoms. The van der Waals surface area contributed by atoms with Crippen molar-refractivity contribution in [1.82, 2.24) is 9.97 Å². The first-order valence-electron chi connectivity index (χ1n) is 6.07. The highest BCUT2D eigenvalue weighted by Gasteiger charge is 2.26. The monoisotopic (exact) mass is 236 g/mol. The van der Waals surface area contributed by atoms with E-state index in [9.17, 15) is 0 Å². The predicted octanol–water partition coefficient (Wildman–Crippen LogP) is 1.38. The Hall–Kier alpha value is -1.36. The Morgan fingerprint density at radius 3 is 3.06 bits per heavy atom. The van der Waals surface area contributed by atoms with Gasteiger partial charge >= 0.3 is 0 Å². The van der Waals surface area contributed by atoms with E-state index in [2.05, 4.69) is 34.0 Å². The number of nitrogens with zero attached hydrogens (tertiary/aromatic N) is 3. The molecule has 94 valence electrons. The third kappa shape index (κ3) is 2.66. The molecule has 2 rings (SSSR count). The zero-order chi connectivity index (χ0) is 12.3. The maximum atomic E-state index is 5.55. The Bertz CT molecular complexity index is 369. The minimum Gasteiger partial charge on any atom is -0.377 e. The van der Waals surface area contributed by atoms with E-state index in [1.165, 1.54) is 0 Å². The molecule has 0 radical (unpaired) electrons. The average molecular weight is 236 g/mol. The topological polar surface area (TPSA) is 50.3 Å². The molecule has 0 aromatic carbocycles. The molecule has 1 N–H and O–H groups in total. The van der Waals surface area contributed by atoms with Crippen molar-refractivity contribution < 1.29 is 4.74 Å². The van der Waals surface area contributed by atoms with Gasteiger partial charge < -0.3 is 15.0 Å². The Kier molecular flexibility index (Phi) is 3.78.